The highest BCUT2D eigenvalue weighted by Crippen LogP contribution is 2.20. The fourth-order valence-electron chi connectivity index (χ4n) is 2.75. The smallest absolute Gasteiger partial charge is 0.187 e. The fourth-order valence-corrected chi connectivity index (χ4v) is 2.75. The molecule has 0 unspecified atom stereocenters. The van der Waals surface area contributed by atoms with E-state index in [1.807, 2.05) is 31.2 Å². The number of aromatic nitrogens is 2. The maximum absolute atomic E-state index is 12.4. The van der Waals surface area contributed by atoms with E-state index in [1.165, 1.54) is 0 Å². The van der Waals surface area contributed by atoms with Crippen LogP contribution in [0.4, 0.5) is 0 Å². The first-order valence-corrected chi connectivity index (χ1v) is 8.33. The maximum Gasteiger partial charge on any atom is 0.187 e. The van der Waals surface area contributed by atoms with E-state index in [2.05, 4.69) is 9.97 Å². The SMILES string of the molecule is Cc1cc(OCC2CCOCC2)cc(C(=O)Cc2ccccn2)n1. The molecule has 0 bridgehead atoms. The van der Waals surface area contributed by atoms with Crippen molar-refractivity contribution in [2.45, 2.75) is 26.2 Å². The summed E-state index contributed by atoms with van der Waals surface area (Å²) in [4.78, 5) is 21.0. The van der Waals surface area contributed by atoms with E-state index >= 15 is 0 Å². The third-order valence-electron chi connectivity index (χ3n) is 4.11. The Morgan fingerprint density at radius 2 is 2.12 bits per heavy atom. The minimum atomic E-state index is -0.0479. The van der Waals surface area contributed by atoms with Gasteiger partial charge in [0.15, 0.2) is 5.78 Å². The first kappa shape index (κ1) is 16.6. The minimum absolute atomic E-state index is 0.0479. The molecule has 126 valence electrons. The quantitative estimate of drug-likeness (QED) is 0.764. The Morgan fingerprint density at radius 3 is 2.88 bits per heavy atom. The number of rotatable bonds is 6. The predicted octanol–water partition coefficient (Wildman–Crippen LogP) is 3.02. The highest BCUT2D eigenvalue weighted by molar-refractivity contribution is 5.95. The normalized spacial score (nSPS) is 15.2. The van der Waals surface area contributed by atoms with Gasteiger partial charge in [0.25, 0.3) is 0 Å². The van der Waals surface area contributed by atoms with Crippen LogP contribution < -0.4 is 4.74 Å². The van der Waals surface area contributed by atoms with Gasteiger partial charge in [-0.05, 0) is 37.8 Å². The number of carbonyl (C=O) groups is 1. The molecule has 0 radical (unpaired) electrons. The fraction of sp³-hybridized carbons (Fsp3) is 0.421. The van der Waals surface area contributed by atoms with Crippen molar-refractivity contribution in [2.75, 3.05) is 19.8 Å². The Balaban J connectivity index is 1.65. The van der Waals surface area contributed by atoms with Gasteiger partial charge < -0.3 is 9.47 Å². The molecule has 0 aromatic carbocycles. The molecule has 1 fully saturated rings. The Labute approximate surface area is 142 Å². The van der Waals surface area contributed by atoms with Crippen LogP contribution in [0.25, 0.3) is 0 Å². The van der Waals surface area contributed by atoms with E-state index in [0.717, 1.165) is 37.4 Å². The molecule has 2 aromatic heterocycles. The lowest BCUT2D eigenvalue weighted by Crippen LogP contribution is -2.21. The van der Waals surface area contributed by atoms with Crippen molar-refractivity contribution in [3.8, 4) is 5.75 Å². The lowest BCUT2D eigenvalue weighted by molar-refractivity contribution is 0.0497. The molecule has 1 saturated heterocycles. The molecule has 3 rings (SSSR count). The molecule has 2 aromatic rings. The number of carbonyl (C=O) groups excluding carboxylic acids is 1. The van der Waals surface area contributed by atoms with Crippen molar-refractivity contribution >= 4 is 5.78 Å². The van der Waals surface area contributed by atoms with Crippen LogP contribution in [0.3, 0.4) is 0 Å². The number of ketones is 1. The van der Waals surface area contributed by atoms with E-state index in [1.54, 1.807) is 12.3 Å². The van der Waals surface area contributed by atoms with Crippen molar-refractivity contribution in [3.63, 3.8) is 0 Å². The third-order valence-corrected chi connectivity index (χ3v) is 4.11. The molecule has 0 amide bonds. The van der Waals surface area contributed by atoms with Gasteiger partial charge in [-0.25, -0.2) is 4.98 Å². The van der Waals surface area contributed by atoms with Crippen LogP contribution in [0.5, 0.6) is 5.75 Å². The third kappa shape index (κ3) is 4.61. The van der Waals surface area contributed by atoms with Crippen molar-refractivity contribution in [1.82, 2.24) is 9.97 Å². The molecule has 3 heterocycles. The zero-order valence-corrected chi connectivity index (χ0v) is 13.9. The topological polar surface area (TPSA) is 61.3 Å². The molecule has 0 aliphatic carbocycles. The number of Topliss-reactive ketones (excluding diaryl/α,β-unsaturated/α-hetero) is 1. The largest absolute Gasteiger partial charge is 0.493 e. The van der Waals surface area contributed by atoms with Gasteiger partial charge in [-0.15, -0.1) is 0 Å². The van der Waals surface area contributed by atoms with Gasteiger partial charge in [0.05, 0.1) is 13.0 Å². The summed E-state index contributed by atoms with van der Waals surface area (Å²) in [5.74, 6) is 1.17. The van der Waals surface area contributed by atoms with Crippen molar-refractivity contribution in [2.24, 2.45) is 5.92 Å². The molecule has 24 heavy (non-hydrogen) atoms. The van der Waals surface area contributed by atoms with Gasteiger partial charge in [0, 0.05) is 42.9 Å². The Bertz CT molecular complexity index is 682. The number of hydrogen-bond acceptors (Lipinski definition) is 5. The van der Waals surface area contributed by atoms with E-state index in [4.69, 9.17) is 9.47 Å². The Kier molecular flexibility index (Phi) is 5.54. The van der Waals surface area contributed by atoms with E-state index in [0.29, 0.717) is 24.0 Å². The van der Waals surface area contributed by atoms with Crippen LogP contribution >= 0.6 is 0 Å². The first-order valence-electron chi connectivity index (χ1n) is 8.33. The van der Waals surface area contributed by atoms with Crippen molar-refractivity contribution in [3.05, 3.63) is 53.6 Å². The lowest BCUT2D eigenvalue weighted by atomic mass is 10.0. The van der Waals surface area contributed by atoms with Crippen LogP contribution in [-0.4, -0.2) is 35.6 Å². The summed E-state index contributed by atoms with van der Waals surface area (Å²) in [5.41, 5.74) is 1.96. The van der Waals surface area contributed by atoms with Crippen LogP contribution in [-0.2, 0) is 11.2 Å². The summed E-state index contributed by atoms with van der Waals surface area (Å²) in [7, 11) is 0. The minimum Gasteiger partial charge on any atom is -0.493 e. The standard InChI is InChI=1S/C19H22N2O3/c1-14-10-17(24-13-15-5-8-23-9-6-15)12-18(21-14)19(22)11-16-4-2-3-7-20-16/h2-4,7,10,12,15H,5-6,8-9,11,13H2,1H3. The number of pyridine rings is 2. The predicted molar refractivity (Wildman–Crippen MR) is 90.3 cm³/mol. The van der Waals surface area contributed by atoms with Crippen LogP contribution in [0.1, 0.15) is 34.7 Å². The molecule has 5 nitrogen and oxygen atoms in total. The summed E-state index contributed by atoms with van der Waals surface area (Å²) in [6, 6.07) is 9.16. The zero-order valence-electron chi connectivity index (χ0n) is 13.9. The van der Waals surface area contributed by atoms with Gasteiger partial charge in [0.1, 0.15) is 11.4 Å². The summed E-state index contributed by atoms with van der Waals surface area (Å²) < 4.78 is 11.3. The molecule has 1 aliphatic rings. The molecule has 0 atom stereocenters. The number of hydrogen-bond donors (Lipinski definition) is 0. The number of nitrogens with zero attached hydrogens (tertiary/aromatic N) is 2. The van der Waals surface area contributed by atoms with Gasteiger partial charge in [-0.1, -0.05) is 6.07 Å². The van der Waals surface area contributed by atoms with Crippen LogP contribution in [0.2, 0.25) is 0 Å². The second-order valence-corrected chi connectivity index (χ2v) is 6.12. The molecular formula is C19H22N2O3. The zero-order chi connectivity index (χ0) is 16.8. The molecule has 0 N–H and O–H groups in total. The van der Waals surface area contributed by atoms with Crippen LogP contribution in [0.15, 0.2) is 36.5 Å². The van der Waals surface area contributed by atoms with E-state index in [9.17, 15) is 4.79 Å². The first-order chi connectivity index (χ1) is 11.7. The van der Waals surface area contributed by atoms with Gasteiger partial charge in [0.2, 0.25) is 0 Å². The summed E-state index contributed by atoms with van der Waals surface area (Å²) >= 11 is 0. The molecular weight excluding hydrogens is 304 g/mol. The van der Waals surface area contributed by atoms with Crippen molar-refractivity contribution in [1.29, 1.82) is 0 Å². The monoisotopic (exact) mass is 326 g/mol. The van der Waals surface area contributed by atoms with Gasteiger partial charge in [-0.2, -0.15) is 0 Å². The average molecular weight is 326 g/mol. The highest BCUT2D eigenvalue weighted by Gasteiger charge is 2.16. The number of ether oxygens (including phenoxy) is 2. The Hall–Kier alpha value is -2.27. The lowest BCUT2D eigenvalue weighted by Gasteiger charge is -2.22. The second kappa shape index (κ2) is 8.02. The summed E-state index contributed by atoms with van der Waals surface area (Å²) in [6.45, 7) is 4.13. The molecule has 1 aliphatic heterocycles. The highest BCUT2D eigenvalue weighted by atomic mass is 16.5. The van der Waals surface area contributed by atoms with Crippen LogP contribution in [0, 0.1) is 12.8 Å². The van der Waals surface area contributed by atoms with E-state index < -0.39 is 0 Å². The van der Waals surface area contributed by atoms with Crippen molar-refractivity contribution < 1.29 is 14.3 Å². The van der Waals surface area contributed by atoms with Gasteiger partial charge >= 0.3 is 0 Å². The Morgan fingerprint density at radius 1 is 1.29 bits per heavy atom. The molecule has 0 saturated carbocycles. The summed E-state index contributed by atoms with van der Waals surface area (Å²) in [5, 5.41) is 0. The second-order valence-electron chi connectivity index (χ2n) is 6.12. The maximum atomic E-state index is 12.4. The molecule has 5 heteroatoms. The molecule has 0 spiro atoms. The van der Waals surface area contributed by atoms with E-state index in [-0.39, 0.29) is 12.2 Å². The van der Waals surface area contributed by atoms with Gasteiger partial charge in [-0.3, -0.25) is 9.78 Å². The average Bonchev–Trinajstić information content (AvgIpc) is 2.61. The summed E-state index contributed by atoms with van der Waals surface area (Å²) in [6.07, 6.45) is 3.98. The number of aryl methyl sites for hydroxylation is 1.